The fourth-order valence-corrected chi connectivity index (χ4v) is 1.94. The Morgan fingerprint density at radius 2 is 2.00 bits per heavy atom. The minimum Gasteiger partial charge on any atom is -0.271 e. The zero-order valence-corrected chi connectivity index (χ0v) is 10.6. The molecule has 0 aliphatic rings. The lowest BCUT2D eigenvalue weighted by molar-refractivity contribution is 0.537. The van der Waals surface area contributed by atoms with E-state index >= 15 is 0 Å². The number of nitrogens with one attached hydrogen (secondary N) is 1. The second-order valence-corrected chi connectivity index (χ2v) is 4.21. The van der Waals surface area contributed by atoms with Crippen molar-refractivity contribution in [1.29, 1.82) is 0 Å². The first-order valence-electron chi connectivity index (χ1n) is 4.97. The quantitative estimate of drug-likeness (QED) is 0.494. The van der Waals surface area contributed by atoms with Crippen LogP contribution in [0.3, 0.4) is 0 Å². The Labute approximate surface area is 106 Å². The zero-order valence-electron chi connectivity index (χ0n) is 9.06. The first kappa shape index (κ1) is 13.3. The molecule has 1 rings (SSSR count). The van der Waals surface area contributed by atoms with Crippen molar-refractivity contribution < 1.29 is 0 Å². The van der Waals surface area contributed by atoms with Gasteiger partial charge in [-0.15, -0.1) is 11.8 Å². The highest BCUT2D eigenvalue weighted by molar-refractivity contribution is 6.35. The lowest BCUT2D eigenvalue weighted by Gasteiger charge is -2.14. The minimum absolute atomic E-state index is 0.0600. The third kappa shape index (κ3) is 3.70. The van der Waals surface area contributed by atoms with Gasteiger partial charge in [0.25, 0.3) is 0 Å². The Hall–Kier alpha value is -0.720. The van der Waals surface area contributed by atoms with E-state index in [0.717, 1.165) is 5.56 Å². The van der Waals surface area contributed by atoms with Crippen LogP contribution in [-0.2, 0) is 6.42 Å². The molecule has 0 saturated heterocycles. The zero-order chi connectivity index (χ0) is 12.0. The Morgan fingerprint density at radius 1 is 1.38 bits per heavy atom. The predicted molar refractivity (Wildman–Crippen MR) is 69.3 cm³/mol. The van der Waals surface area contributed by atoms with Gasteiger partial charge in [0.15, 0.2) is 0 Å². The van der Waals surface area contributed by atoms with Crippen molar-refractivity contribution in [1.82, 2.24) is 5.43 Å². The van der Waals surface area contributed by atoms with Gasteiger partial charge in [-0.1, -0.05) is 29.3 Å². The van der Waals surface area contributed by atoms with E-state index in [2.05, 4.69) is 17.3 Å². The summed E-state index contributed by atoms with van der Waals surface area (Å²) in [6.45, 7) is 1.80. The molecule has 0 amide bonds. The van der Waals surface area contributed by atoms with E-state index < -0.39 is 0 Å². The summed E-state index contributed by atoms with van der Waals surface area (Å²) in [5, 5.41) is 1.33. The highest BCUT2D eigenvalue weighted by Crippen LogP contribution is 2.25. The number of nitrogens with two attached hydrogens (primary N) is 1. The van der Waals surface area contributed by atoms with E-state index in [4.69, 9.17) is 29.0 Å². The molecule has 86 valence electrons. The number of halogens is 2. The van der Waals surface area contributed by atoms with Gasteiger partial charge >= 0.3 is 0 Å². The van der Waals surface area contributed by atoms with Gasteiger partial charge in [-0.05, 0) is 31.0 Å². The van der Waals surface area contributed by atoms with Crippen molar-refractivity contribution in [3.63, 3.8) is 0 Å². The lowest BCUT2D eigenvalue weighted by Crippen LogP contribution is -2.36. The first-order chi connectivity index (χ1) is 7.69. The van der Waals surface area contributed by atoms with E-state index in [0.29, 0.717) is 22.9 Å². The van der Waals surface area contributed by atoms with Gasteiger partial charge < -0.3 is 0 Å². The topological polar surface area (TPSA) is 38.0 Å². The maximum absolute atomic E-state index is 6.08. The standard InChI is InChI=1S/C12H14Cl2N2/c1-2-3-5-9(16-15)8-10-11(13)6-4-7-12(10)14/h4,6-7,9,16H,5,8,15H2,1H3. The molecule has 0 heterocycles. The fraction of sp³-hybridized carbons (Fsp3) is 0.333. The molecule has 0 aliphatic carbocycles. The SMILES string of the molecule is CC#CCC(Cc1c(Cl)cccc1Cl)NN. The highest BCUT2D eigenvalue weighted by Gasteiger charge is 2.11. The van der Waals surface area contributed by atoms with Gasteiger partial charge in [0, 0.05) is 22.5 Å². The summed E-state index contributed by atoms with van der Waals surface area (Å²) in [5.41, 5.74) is 3.63. The highest BCUT2D eigenvalue weighted by atomic mass is 35.5. The fourth-order valence-electron chi connectivity index (χ4n) is 1.39. The third-order valence-corrected chi connectivity index (χ3v) is 2.98. The lowest BCUT2D eigenvalue weighted by atomic mass is 10.0. The summed E-state index contributed by atoms with van der Waals surface area (Å²) in [6, 6.07) is 5.53. The summed E-state index contributed by atoms with van der Waals surface area (Å²) in [7, 11) is 0. The summed E-state index contributed by atoms with van der Waals surface area (Å²) in [5.74, 6) is 11.3. The smallest absolute Gasteiger partial charge is 0.0453 e. The van der Waals surface area contributed by atoms with Crippen LogP contribution in [0.2, 0.25) is 10.0 Å². The van der Waals surface area contributed by atoms with Crippen LogP contribution in [-0.4, -0.2) is 6.04 Å². The molecule has 0 aliphatic heterocycles. The van der Waals surface area contributed by atoms with Gasteiger partial charge in [-0.25, -0.2) is 0 Å². The Morgan fingerprint density at radius 3 is 2.50 bits per heavy atom. The predicted octanol–water partition coefficient (Wildman–Crippen LogP) is 2.78. The minimum atomic E-state index is 0.0600. The molecule has 1 aromatic rings. The van der Waals surface area contributed by atoms with Crippen LogP contribution in [0.4, 0.5) is 0 Å². The number of rotatable bonds is 4. The molecular formula is C12H14Cl2N2. The van der Waals surface area contributed by atoms with Gasteiger partial charge in [0.1, 0.15) is 0 Å². The van der Waals surface area contributed by atoms with E-state index in [1.165, 1.54) is 0 Å². The molecule has 0 fully saturated rings. The molecule has 4 heteroatoms. The van der Waals surface area contributed by atoms with Crippen LogP contribution in [0.5, 0.6) is 0 Å². The summed E-state index contributed by atoms with van der Waals surface area (Å²) in [6.07, 6.45) is 1.35. The Kier molecular flexibility index (Phi) is 5.65. The van der Waals surface area contributed by atoms with Crippen molar-refractivity contribution in [3.05, 3.63) is 33.8 Å². The van der Waals surface area contributed by atoms with Crippen molar-refractivity contribution in [2.75, 3.05) is 0 Å². The molecule has 16 heavy (non-hydrogen) atoms. The molecule has 1 unspecified atom stereocenters. The summed E-state index contributed by atoms with van der Waals surface area (Å²) >= 11 is 12.2. The molecule has 0 aromatic heterocycles. The maximum Gasteiger partial charge on any atom is 0.0453 e. The average molecular weight is 257 g/mol. The number of benzene rings is 1. The molecule has 0 saturated carbocycles. The van der Waals surface area contributed by atoms with Crippen molar-refractivity contribution in [3.8, 4) is 11.8 Å². The molecule has 1 atom stereocenters. The van der Waals surface area contributed by atoms with Crippen molar-refractivity contribution in [2.45, 2.75) is 25.8 Å². The number of hydrogen-bond donors (Lipinski definition) is 2. The van der Waals surface area contributed by atoms with Crippen molar-refractivity contribution in [2.24, 2.45) is 5.84 Å². The molecule has 0 spiro atoms. The normalized spacial score (nSPS) is 11.8. The van der Waals surface area contributed by atoms with Crippen molar-refractivity contribution >= 4 is 23.2 Å². The molecule has 0 radical (unpaired) electrons. The van der Waals surface area contributed by atoms with Crippen LogP contribution in [0.1, 0.15) is 18.9 Å². The molecular weight excluding hydrogens is 243 g/mol. The maximum atomic E-state index is 6.08. The largest absolute Gasteiger partial charge is 0.271 e. The van der Waals surface area contributed by atoms with Crippen LogP contribution in [0.25, 0.3) is 0 Å². The third-order valence-electron chi connectivity index (χ3n) is 2.27. The van der Waals surface area contributed by atoms with Gasteiger partial charge in [-0.3, -0.25) is 11.3 Å². The van der Waals surface area contributed by atoms with Crippen LogP contribution in [0, 0.1) is 11.8 Å². The summed E-state index contributed by atoms with van der Waals surface area (Å²) in [4.78, 5) is 0. The molecule has 0 bridgehead atoms. The summed E-state index contributed by atoms with van der Waals surface area (Å²) < 4.78 is 0. The van der Waals surface area contributed by atoms with Crippen LogP contribution in [0.15, 0.2) is 18.2 Å². The molecule has 2 nitrogen and oxygen atoms in total. The van der Waals surface area contributed by atoms with Gasteiger partial charge in [-0.2, -0.15) is 0 Å². The van der Waals surface area contributed by atoms with E-state index in [1.807, 2.05) is 18.2 Å². The van der Waals surface area contributed by atoms with E-state index in [1.54, 1.807) is 6.92 Å². The van der Waals surface area contributed by atoms with Gasteiger partial charge in [0.05, 0.1) is 0 Å². The molecule has 1 aromatic carbocycles. The van der Waals surface area contributed by atoms with E-state index in [9.17, 15) is 0 Å². The van der Waals surface area contributed by atoms with Crippen LogP contribution < -0.4 is 11.3 Å². The van der Waals surface area contributed by atoms with Gasteiger partial charge in [0.2, 0.25) is 0 Å². The average Bonchev–Trinajstić information content (AvgIpc) is 2.28. The Bertz CT molecular complexity index is 387. The molecule has 3 N–H and O–H groups in total. The Balaban J connectivity index is 2.80. The second-order valence-electron chi connectivity index (χ2n) is 3.40. The number of hydrogen-bond acceptors (Lipinski definition) is 2. The van der Waals surface area contributed by atoms with E-state index in [-0.39, 0.29) is 6.04 Å². The van der Waals surface area contributed by atoms with Crippen LogP contribution >= 0.6 is 23.2 Å². The second kappa shape index (κ2) is 6.78. The first-order valence-corrected chi connectivity index (χ1v) is 5.73. The monoisotopic (exact) mass is 256 g/mol. The number of hydrazine groups is 1.